The standard InChI is InChI=1S/C10H16N2O3/c1-6(7(2)13)10-11-9(12-15-10)8-3-4-14-5-8/h6-8,13H,3-5H2,1-2H3. The summed E-state index contributed by atoms with van der Waals surface area (Å²) in [6.45, 7) is 5.02. The van der Waals surface area contributed by atoms with Crippen molar-refractivity contribution in [3.05, 3.63) is 11.7 Å². The zero-order chi connectivity index (χ0) is 10.8. The number of hydrogen-bond donors (Lipinski definition) is 1. The summed E-state index contributed by atoms with van der Waals surface area (Å²) in [6.07, 6.45) is 0.473. The number of aromatic nitrogens is 2. The van der Waals surface area contributed by atoms with Gasteiger partial charge in [-0.15, -0.1) is 0 Å². The quantitative estimate of drug-likeness (QED) is 0.811. The average molecular weight is 212 g/mol. The van der Waals surface area contributed by atoms with Crippen LogP contribution < -0.4 is 0 Å². The Morgan fingerprint density at radius 1 is 1.47 bits per heavy atom. The van der Waals surface area contributed by atoms with E-state index in [1.165, 1.54) is 0 Å². The van der Waals surface area contributed by atoms with Gasteiger partial charge in [-0.2, -0.15) is 4.98 Å². The van der Waals surface area contributed by atoms with Gasteiger partial charge in [0.25, 0.3) is 0 Å². The van der Waals surface area contributed by atoms with Crippen molar-refractivity contribution in [1.82, 2.24) is 10.1 Å². The molecule has 1 aliphatic rings. The molecule has 1 aromatic rings. The molecule has 84 valence electrons. The van der Waals surface area contributed by atoms with Gasteiger partial charge in [0.2, 0.25) is 5.89 Å². The number of hydrogen-bond acceptors (Lipinski definition) is 5. The first kappa shape index (κ1) is 10.6. The molecule has 0 spiro atoms. The largest absolute Gasteiger partial charge is 0.393 e. The van der Waals surface area contributed by atoms with Crippen molar-refractivity contribution >= 4 is 0 Å². The molecule has 2 rings (SSSR count). The van der Waals surface area contributed by atoms with Crippen LogP contribution in [0.1, 0.15) is 43.8 Å². The van der Waals surface area contributed by atoms with Gasteiger partial charge < -0.3 is 14.4 Å². The highest BCUT2D eigenvalue weighted by Gasteiger charge is 2.25. The Morgan fingerprint density at radius 3 is 2.87 bits per heavy atom. The fourth-order valence-corrected chi connectivity index (χ4v) is 1.54. The van der Waals surface area contributed by atoms with Crippen LogP contribution in [0, 0.1) is 0 Å². The smallest absolute Gasteiger partial charge is 0.232 e. The van der Waals surface area contributed by atoms with E-state index in [0.717, 1.165) is 13.0 Å². The SMILES string of the molecule is CC(O)C(C)c1nc(C2CCOC2)no1. The van der Waals surface area contributed by atoms with Crippen molar-refractivity contribution in [2.24, 2.45) is 0 Å². The average Bonchev–Trinajstić information content (AvgIpc) is 2.86. The summed E-state index contributed by atoms with van der Waals surface area (Å²) < 4.78 is 10.4. The van der Waals surface area contributed by atoms with E-state index in [2.05, 4.69) is 10.1 Å². The van der Waals surface area contributed by atoms with E-state index in [4.69, 9.17) is 9.26 Å². The van der Waals surface area contributed by atoms with Crippen LogP contribution in [0.4, 0.5) is 0 Å². The normalized spacial score (nSPS) is 25.4. The second kappa shape index (κ2) is 4.28. The first-order chi connectivity index (χ1) is 7.18. The second-order valence-electron chi connectivity index (χ2n) is 4.08. The predicted molar refractivity (Wildman–Crippen MR) is 52.6 cm³/mol. The molecule has 3 atom stereocenters. The Hall–Kier alpha value is -0.940. The van der Waals surface area contributed by atoms with Crippen LogP contribution in [0.2, 0.25) is 0 Å². The molecule has 1 fully saturated rings. The van der Waals surface area contributed by atoms with Gasteiger partial charge in [0.05, 0.1) is 18.6 Å². The van der Waals surface area contributed by atoms with Gasteiger partial charge in [-0.3, -0.25) is 0 Å². The van der Waals surface area contributed by atoms with Crippen LogP contribution in [-0.4, -0.2) is 34.6 Å². The summed E-state index contributed by atoms with van der Waals surface area (Å²) in [5.41, 5.74) is 0. The molecule has 0 aromatic carbocycles. The van der Waals surface area contributed by atoms with Gasteiger partial charge in [-0.25, -0.2) is 0 Å². The third-order valence-corrected chi connectivity index (χ3v) is 2.87. The highest BCUT2D eigenvalue weighted by Crippen LogP contribution is 2.25. The van der Waals surface area contributed by atoms with E-state index >= 15 is 0 Å². The van der Waals surface area contributed by atoms with Crippen LogP contribution >= 0.6 is 0 Å². The second-order valence-corrected chi connectivity index (χ2v) is 4.08. The van der Waals surface area contributed by atoms with Gasteiger partial charge >= 0.3 is 0 Å². The zero-order valence-corrected chi connectivity index (χ0v) is 9.01. The molecule has 3 unspecified atom stereocenters. The Balaban J connectivity index is 2.09. The number of rotatable bonds is 3. The van der Waals surface area contributed by atoms with Crippen LogP contribution in [0.25, 0.3) is 0 Å². The van der Waals surface area contributed by atoms with Crippen LogP contribution in [-0.2, 0) is 4.74 Å². The molecule has 1 aliphatic heterocycles. The van der Waals surface area contributed by atoms with Crippen LogP contribution in [0.3, 0.4) is 0 Å². The maximum atomic E-state index is 9.40. The zero-order valence-electron chi connectivity index (χ0n) is 9.01. The van der Waals surface area contributed by atoms with Crippen molar-refractivity contribution in [3.63, 3.8) is 0 Å². The molecule has 0 saturated carbocycles. The first-order valence-corrected chi connectivity index (χ1v) is 5.27. The fraction of sp³-hybridized carbons (Fsp3) is 0.800. The lowest BCUT2D eigenvalue weighted by Crippen LogP contribution is -2.11. The minimum absolute atomic E-state index is 0.117. The van der Waals surface area contributed by atoms with Gasteiger partial charge in [0, 0.05) is 12.5 Å². The number of ether oxygens (including phenoxy) is 1. The fourth-order valence-electron chi connectivity index (χ4n) is 1.54. The van der Waals surface area contributed by atoms with Gasteiger partial charge in [-0.1, -0.05) is 12.1 Å². The molecule has 5 heteroatoms. The molecule has 15 heavy (non-hydrogen) atoms. The molecule has 1 aromatic heterocycles. The van der Waals surface area contributed by atoms with Crippen molar-refractivity contribution < 1.29 is 14.4 Å². The molecule has 1 saturated heterocycles. The van der Waals surface area contributed by atoms with Crippen LogP contribution in [0.5, 0.6) is 0 Å². The third kappa shape index (κ3) is 2.18. The van der Waals surface area contributed by atoms with E-state index in [1.54, 1.807) is 6.92 Å². The minimum atomic E-state index is -0.474. The maximum Gasteiger partial charge on any atom is 0.232 e. The van der Waals surface area contributed by atoms with Gasteiger partial charge in [0.15, 0.2) is 5.82 Å². The maximum absolute atomic E-state index is 9.40. The van der Waals surface area contributed by atoms with Gasteiger partial charge in [0.1, 0.15) is 0 Å². The van der Waals surface area contributed by atoms with Crippen molar-refractivity contribution in [1.29, 1.82) is 0 Å². The summed E-state index contributed by atoms with van der Waals surface area (Å²) in [5, 5.41) is 13.3. The summed E-state index contributed by atoms with van der Waals surface area (Å²) in [5.74, 6) is 1.35. The molecule has 0 amide bonds. The lowest BCUT2D eigenvalue weighted by molar-refractivity contribution is 0.151. The highest BCUT2D eigenvalue weighted by molar-refractivity contribution is 5.00. The minimum Gasteiger partial charge on any atom is -0.393 e. The van der Waals surface area contributed by atoms with Crippen LogP contribution in [0.15, 0.2) is 4.52 Å². The number of aliphatic hydroxyl groups is 1. The van der Waals surface area contributed by atoms with E-state index in [9.17, 15) is 5.11 Å². The highest BCUT2D eigenvalue weighted by atomic mass is 16.5. The molecule has 5 nitrogen and oxygen atoms in total. The molecule has 0 aliphatic carbocycles. The number of nitrogens with zero attached hydrogens (tertiary/aromatic N) is 2. The summed E-state index contributed by atoms with van der Waals surface area (Å²) in [4.78, 5) is 4.30. The molecule has 0 bridgehead atoms. The lowest BCUT2D eigenvalue weighted by atomic mass is 10.1. The van der Waals surface area contributed by atoms with E-state index in [-0.39, 0.29) is 11.8 Å². The Morgan fingerprint density at radius 2 is 2.27 bits per heavy atom. The monoisotopic (exact) mass is 212 g/mol. The molecule has 0 radical (unpaired) electrons. The Kier molecular flexibility index (Phi) is 3.02. The summed E-state index contributed by atoms with van der Waals surface area (Å²) >= 11 is 0. The summed E-state index contributed by atoms with van der Waals surface area (Å²) in [7, 11) is 0. The van der Waals surface area contributed by atoms with Gasteiger partial charge in [-0.05, 0) is 13.3 Å². The topological polar surface area (TPSA) is 68.4 Å². The van der Waals surface area contributed by atoms with E-state index < -0.39 is 6.10 Å². The Bertz CT molecular complexity index is 302. The summed E-state index contributed by atoms with van der Waals surface area (Å²) in [6, 6.07) is 0. The molecule has 1 N–H and O–H groups in total. The first-order valence-electron chi connectivity index (χ1n) is 5.27. The van der Waals surface area contributed by atoms with Crippen molar-refractivity contribution in [2.45, 2.75) is 38.2 Å². The lowest BCUT2D eigenvalue weighted by Gasteiger charge is -2.08. The van der Waals surface area contributed by atoms with Crippen molar-refractivity contribution in [3.8, 4) is 0 Å². The van der Waals surface area contributed by atoms with Crippen molar-refractivity contribution in [2.75, 3.05) is 13.2 Å². The third-order valence-electron chi connectivity index (χ3n) is 2.87. The number of aliphatic hydroxyl groups excluding tert-OH is 1. The predicted octanol–water partition coefficient (Wildman–Crippen LogP) is 1.06. The Labute approximate surface area is 88.4 Å². The molecular weight excluding hydrogens is 196 g/mol. The molecular formula is C10H16N2O3. The van der Waals surface area contributed by atoms with E-state index in [0.29, 0.717) is 18.3 Å². The molecule has 2 heterocycles. The van der Waals surface area contributed by atoms with E-state index in [1.807, 2.05) is 6.92 Å².